The van der Waals surface area contributed by atoms with Crippen molar-refractivity contribution in [1.29, 1.82) is 0 Å². The second kappa shape index (κ2) is 8.05. The van der Waals surface area contributed by atoms with E-state index in [0.29, 0.717) is 18.8 Å². The Bertz CT molecular complexity index is 952. The van der Waals surface area contributed by atoms with Gasteiger partial charge in [-0.3, -0.25) is 4.79 Å². The summed E-state index contributed by atoms with van der Waals surface area (Å²) in [5, 5.41) is 0. The predicted octanol–water partition coefficient (Wildman–Crippen LogP) is 5.67. The molecule has 1 unspecified atom stereocenters. The Morgan fingerprint density at radius 1 is 1.07 bits per heavy atom. The molecule has 0 amide bonds. The minimum Gasteiger partial charge on any atom is -0.454 e. The first-order valence-electron chi connectivity index (χ1n) is 10.0. The molecule has 0 saturated carbocycles. The molecule has 1 atom stereocenters. The molecule has 1 aliphatic carbocycles. The third-order valence-electron chi connectivity index (χ3n) is 5.70. The highest BCUT2D eigenvalue weighted by Crippen LogP contribution is 2.39. The third kappa shape index (κ3) is 3.75. The lowest BCUT2D eigenvalue weighted by Gasteiger charge is -2.19. The van der Waals surface area contributed by atoms with Gasteiger partial charge in [-0.25, -0.2) is 0 Å². The highest BCUT2D eigenvalue weighted by atomic mass is 16.7. The SMILES string of the molecule is CCC1C(CCC(=O)Cc2ccc3c(c2)OCO3)=CC=C1c1ccccc1C. The van der Waals surface area contributed by atoms with E-state index in [1.165, 1.54) is 22.3 Å². The molecule has 0 radical (unpaired) electrons. The van der Waals surface area contributed by atoms with E-state index in [1.54, 1.807) is 0 Å². The van der Waals surface area contributed by atoms with Crippen LogP contribution in [-0.2, 0) is 11.2 Å². The van der Waals surface area contributed by atoms with Crippen LogP contribution >= 0.6 is 0 Å². The standard InChI is InChI=1S/C25H26O3/c1-3-21-19(10-12-23(21)22-7-5-4-6-17(22)2)9-11-20(26)14-18-8-13-24-25(15-18)28-16-27-24/h4-8,10,12-13,15,21H,3,9,11,14,16H2,1-2H3. The van der Waals surface area contributed by atoms with Crippen LogP contribution in [0.3, 0.4) is 0 Å². The van der Waals surface area contributed by atoms with Gasteiger partial charge in [0.1, 0.15) is 5.78 Å². The van der Waals surface area contributed by atoms with Crippen molar-refractivity contribution in [3.05, 3.63) is 76.9 Å². The van der Waals surface area contributed by atoms with E-state index in [-0.39, 0.29) is 12.6 Å². The maximum atomic E-state index is 12.6. The lowest BCUT2D eigenvalue weighted by atomic mass is 9.85. The monoisotopic (exact) mass is 374 g/mol. The van der Waals surface area contributed by atoms with Crippen LogP contribution < -0.4 is 9.47 Å². The number of hydrogen-bond acceptors (Lipinski definition) is 3. The summed E-state index contributed by atoms with van der Waals surface area (Å²) in [6.07, 6.45) is 7.37. The minimum absolute atomic E-state index is 0.259. The number of carbonyl (C=O) groups is 1. The smallest absolute Gasteiger partial charge is 0.231 e. The molecule has 0 fully saturated rings. The minimum atomic E-state index is 0.259. The van der Waals surface area contributed by atoms with Crippen molar-refractivity contribution < 1.29 is 14.3 Å². The van der Waals surface area contributed by atoms with Gasteiger partial charge >= 0.3 is 0 Å². The molecule has 1 heterocycles. The van der Waals surface area contributed by atoms with Crippen molar-refractivity contribution in [3.63, 3.8) is 0 Å². The summed E-state index contributed by atoms with van der Waals surface area (Å²) >= 11 is 0. The van der Waals surface area contributed by atoms with E-state index in [1.807, 2.05) is 18.2 Å². The van der Waals surface area contributed by atoms with Crippen LogP contribution in [0.25, 0.3) is 5.57 Å². The van der Waals surface area contributed by atoms with Gasteiger partial charge in [-0.05, 0) is 54.2 Å². The number of allylic oxidation sites excluding steroid dienone is 4. The van der Waals surface area contributed by atoms with Gasteiger partial charge in [0.25, 0.3) is 0 Å². The zero-order valence-corrected chi connectivity index (χ0v) is 16.5. The first-order valence-corrected chi connectivity index (χ1v) is 10.0. The number of hydrogen-bond donors (Lipinski definition) is 0. The van der Waals surface area contributed by atoms with Crippen LogP contribution in [0.15, 0.2) is 60.2 Å². The van der Waals surface area contributed by atoms with Gasteiger partial charge in [0, 0.05) is 18.8 Å². The molecule has 28 heavy (non-hydrogen) atoms. The maximum Gasteiger partial charge on any atom is 0.231 e. The van der Waals surface area contributed by atoms with E-state index >= 15 is 0 Å². The molecule has 2 aromatic carbocycles. The van der Waals surface area contributed by atoms with Gasteiger partial charge in [0.15, 0.2) is 11.5 Å². The number of ether oxygens (including phenoxy) is 2. The third-order valence-corrected chi connectivity index (χ3v) is 5.70. The van der Waals surface area contributed by atoms with E-state index in [4.69, 9.17) is 9.47 Å². The Kier molecular flexibility index (Phi) is 5.34. The van der Waals surface area contributed by atoms with E-state index in [9.17, 15) is 4.79 Å². The fraction of sp³-hybridized carbons (Fsp3) is 0.320. The normalized spacial score (nSPS) is 17.4. The van der Waals surface area contributed by atoms with Gasteiger partial charge in [-0.1, -0.05) is 55.0 Å². The molecular formula is C25H26O3. The highest BCUT2D eigenvalue weighted by molar-refractivity contribution is 5.82. The van der Waals surface area contributed by atoms with Crippen molar-refractivity contribution in [2.45, 2.75) is 39.5 Å². The lowest BCUT2D eigenvalue weighted by molar-refractivity contribution is -0.118. The van der Waals surface area contributed by atoms with Crippen LogP contribution in [0.5, 0.6) is 11.5 Å². The molecular weight excluding hydrogens is 348 g/mol. The van der Waals surface area contributed by atoms with E-state index in [2.05, 4.69) is 50.3 Å². The summed E-state index contributed by atoms with van der Waals surface area (Å²) in [5.41, 5.74) is 6.38. The van der Waals surface area contributed by atoms with Gasteiger partial charge < -0.3 is 9.47 Å². The first-order chi connectivity index (χ1) is 13.7. The van der Waals surface area contributed by atoms with Crippen LogP contribution in [0.2, 0.25) is 0 Å². The van der Waals surface area contributed by atoms with Crippen LogP contribution in [-0.4, -0.2) is 12.6 Å². The number of Topliss-reactive ketones (excluding diaryl/α,β-unsaturated/α-hetero) is 1. The summed E-state index contributed by atoms with van der Waals surface area (Å²) in [7, 11) is 0. The average molecular weight is 374 g/mol. The Hall–Kier alpha value is -2.81. The molecule has 3 heteroatoms. The molecule has 4 rings (SSSR count). The molecule has 0 spiro atoms. The average Bonchev–Trinajstić information content (AvgIpc) is 3.32. The quantitative estimate of drug-likeness (QED) is 0.627. The molecule has 144 valence electrons. The molecule has 0 bridgehead atoms. The number of carbonyl (C=O) groups excluding carboxylic acids is 1. The molecule has 0 aromatic heterocycles. The van der Waals surface area contributed by atoms with Crippen LogP contribution in [0, 0.1) is 12.8 Å². The second-order valence-electron chi connectivity index (χ2n) is 7.54. The van der Waals surface area contributed by atoms with Crippen LogP contribution in [0.1, 0.15) is 42.9 Å². The highest BCUT2D eigenvalue weighted by Gasteiger charge is 2.24. The molecule has 2 aromatic rings. The zero-order chi connectivity index (χ0) is 19.5. The van der Waals surface area contributed by atoms with Gasteiger partial charge in [0.05, 0.1) is 0 Å². The van der Waals surface area contributed by atoms with Gasteiger partial charge in [-0.2, -0.15) is 0 Å². The summed E-state index contributed by atoms with van der Waals surface area (Å²) < 4.78 is 10.7. The summed E-state index contributed by atoms with van der Waals surface area (Å²) in [6.45, 7) is 4.65. The first kappa shape index (κ1) is 18.5. The van der Waals surface area contributed by atoms with Crippen LogP contribution in [0.4, 0.5) is 0 Å². The van der Waals surface area contributed by atoms with Gasteiger partial charge in [0.2, 0.25) is 6.79 Å². The largest absolute Gasteiger partial charge is 0.454 e. The van der Waals surface area contributed by atoms with Crippen molar-refractivity contribution in [2.75, 3.05) is 6.79 Å². The molecule has 2 aliphatic rings. The van der Waals surface area contributed by atoms with E-state index in [0.717, 1.165) is 29.9 Å². The van der Waals surface area contributed by atoms with Gasteiger partial charge in [-0.15, -0.1) is 0 Å². The Labute approximate surface area is 166 Å². The van der Waals surface area contributed by atoms with Crippen molar-refractivity contribution in [3.8, 4) is 11.5 Å². The fourth-order valence-electron chi connectivity index (χ4n) is 4.19. The molecule has 1 aliphatic heterocycles. The Morgan fingerprint density at radius 3 is 2.71 bits per heavy atom. The topological polar surface area (TPSA) is 35.5 Å². The maximum absolute atomic E-state index is 12.6. The molecule has 3 nitrogen and oxygen atoms in total. The Morgan fingerprint density at radius 2 is 1.89 bits per heavy atom. The summed E-state index contributed by atoms with van der Waals surface area (Å²) in [4.78, 5) is 12.6. The fourth-order valence-corrected chi connectivity index (χ4v) is 4.19. The number of benzene rings is 2. The lowest BCUT2D eigenvalue weighted by Crippen LogP contribution is -2.07. The van der Waals surface area contributed by atoms with Crippen molar-refractivity contribution in [2.24, 2.45) is 5.92 Å². The number of ketones is 1. The van der Waals surface area contributed by atoms with E-state index < -0.39 is 0 Å². The van der Waals surface area contributed by atoms with Crippen molar-refractivity contribution in [1.82, 2.24) is 0 Å². The number of aryl methyl sites for hydroxylation is 1. The molecule has 0 saturated heterocycles. The summed E-state index contributed by atoms with van der Waals surface area (Å²) in [5.74, 6) is 2.17. The zero-order valence-electron chi connectivity index (χ0n) is 16.5. The molecule has 0 N–H and O–H groups in total. The number of rotatable bonds is 7. The predicted molar refractivity (Wildman–Crippen MR) is 112 cm³/mol. The second-order valence-corrected chi connectivity index (χ2v) is 7.54. The number of fused-ring (bicyclic) bond motifs is 1. The summed E-state index contributed by atoms with van der Waals surface area (Å²) in [6, 6.07) is 14.3. The van der Waals surface area contributed by atoms with Crippen molar-refractivity contribution >= 4 is 11.4 Å². The Balaban J connectivity index is 1.36.